The van der Waals surface area contributed by atoms with Crippen molar-refractivity contribution in [2.75, 3.05) is 19.3 Å². The van der Waals surface area contributed by atoms with Gasteiger partial charge in [0.25, 0.3) is 0 Å². The Kier molecular flexibility index (Phi) is 5.01. The Morgan fingerprint density at radius 1 is 1.08 bits per heavy atom. The van der Waals surface area contributed by atoms with Gasteiger partial charge in [0.2, 0.25) is 9.05 Å². The van der Waals surface area contributed by atoms with E-state index in [4.69, 9.17) is 15.4 Å². The molecule has 0 fully saturated rings. The molecule has 2 aromatic rings. The van der Waals surface area contributed by atoms with Gasteiger partial charge in [-0.1, -0.05) is 48.5 Å². The summed E-state index contributed by atoms with van der Waals surface area (Å²) >= 11 is 0. The highest BCUT2D eigenvalue weighted by atomic mass is 35.7. The highest BCUT2D eigenvalue weighted by molar-refractivity contribution is 8.13. The maximum absolute atomic E-state index is 12.4. The highest BCUT2D eigenvalue weighted by Gasteiger charge is 2.31. The first-order chi connectivity index (χ1) is 11.9. The normalized spacial score (nSPS) is 13.2. The average Bonchev–Trinajstić information content (AvgIpc) is 2.88. The van der Waals surface area contributed by atoms with Crippen LogP contribution >= 0.6 is 10.7 Å². The van der Waals surface area contributed by atoms with Crippen LogP contribution < -0.4 is 0 Å². The Bertz CT molecular complexity index is 852. The molecule has 1 aliphatic rings. The molecule has 0 radical (unpaired) electrons. The Morgan fingerprint density at radius 3 is 2.12 bits per heavy atom. The van der Waals surface area contributed by atoms with Crippen LogP contribution in [-0.2, 0) is 13.8 Å². The summed E-state index contributed by atoms with van der Waals surface area (Å²) in [6.07, 6.45) is -0.697. The lowest BCUT2D eigenvalue weighted by Gasteiger charge is -2.21. The summed E-state index contributed by atoms with van der Waals surface area (Å²) in [6.45, 7) is 0.251. The van der Waals surface area contributed by atoms with Crippen LogP contribution in [0, 0.1) is 0 Å². The van der Waals surface area contributed by atoms with Gasteiger partial charge in [0.1, 0.15) is 0 Å². The molecule has 0 atom stereocenters. The molecule has 0 aromatic heterocycles. The number of ether oxygens (including phenoxy) is 1. The van der Waals surface area contributed by atoms with Crippen molar-refractivity contribution in [3.8, 4) is 11.1 Å². The summed E-state index contributed by atoms with van der Waals surface area (Å²) in [5.41, 5.74) is 4.03. The van der Waals surface area contributed by atoms with Crippen LogP contribution in [0.5, 0.6) is 0 Å². The van der Waals surface area contributed by atoms with Gasteiger partial charge in [-0.2, -0.15) is 0 Å². The van der Waals surface area contributed by atoms with Crippen molar-refractivity contribution in [3.05, 3.63) is 59.7 Å². The van der Waals surface area contributed by atoms with Gasteiger partial charge in [-0.15, -0.1) is 0 Å². The summed E-state index contributed by atoms with van der Waals surface area (Å²) in [5.74, 6) is -0.179. The second kappa shape index (κ2) is 7.06. The third-order valence-corrected chi connectivity index (χ3v) is 5.43. The molecule has 1 aliphatic carbocycles. The zero-order chi connectivity index (χ0) is 18.0. The largest absolute Gasteiger partial charge is 0.436 e. The standard InChI is InChI=1S/C18H18ClNO4S/c1-20(11-6-12-25(19,22)23)18(21)24-17-15-9-4-2-7-13(15)14-8-3-5-10-16(14)17/h2-5,7-10,17H,6,11-12H2,1H3. The minimum atomic E-state index is -3.55. The van der Waals surface area contributed by atoms with Crippen molar-refractivity contribution in [1.82, 2.24) is 4.90 Å². The lowest BCUT2D eigenvalue weighted by molar-refractivity contribution is 0.0863. The molecule has 0 N–H and O–H groups in total. The second-order valence-corrected chi connectivity index (χ2v) is 8.85. The van der Waals surface area contributed by atoms with Crippen LogP contribution in [-0.4, -0.2) is 38.8 Å². The van der Waals surface area contributed by atoms with E-state index < -0.39 is 21.2 Å². The number of rotatable bonds is 5. The van der Waals surface area contributed by atoms with E-state index in [2.05, 4.69) is 0 Å². The van der Waals surface area contributed by atoms with Crippen molar-refractivity contribution in [2.24, 2.45) is 0 Å². The SMILES string of the molecule is CN(CCCS(=O)(=O)Cl)C(=O)OC1c2ccccc2-c2ccccc21. The summed E-state index contributed by atoms with van der Waals surface area (Å²) in [6, 6.07) is 15.7. The maximum Gasteiger partial charge on any atom is 0.410 e. The number of amides is 1. The Hall–Kier alpha value is -2.05. The Labute approximate surface area is 151 Å². The van der Waals surface area contributed by atoms with Crippen molar-refractivity contribution in [1.29, 1.82) is 0 Å². The molecule has 25 heavy (non-hydrogen) atoms. The zero-order valence-electron chi connectivity index (χ0n) is 13.7. The van der Waals surface area contributed by atoms with E-state index in [1.54, 1.807) is 7.05 Å². The number of hydrogen-bond donors (Lipinski definition) is 0. The third-order valence-electron chi connectivity index (χ3n) is 4.19. The predicted molar refractivity (Wildman–Crippen MR) is 97.1 cm³/mol. The first kappa shape index (κ1) is 17.8. The zero-order valence-corrected chi connectivity index (χ0v) is 15.3. The van der Waals surface area contributed by atoms with E-state index in [1.807, 2.05) is 48.5 Å². The smallest absolute Gasteiger partial charge is 0.410 e. The number of carbonyl (C=O) groups is 1. The van der Waals surface area contributed by atoms with E-state index in [9.17, 15) is 13.2 Å². The number of halogens is 1. The molecule has 0 saturated carbocycles. The monoisotopic (exact) mass is 379 g/mol. The Morgan fingerprint density at radius 2 is 1.60 bits per heavy atom. The molecule has 2 aromatic carbocycles. The molecule has 5 nitrogen and oxygen atoms in total. The van der Waals surface area contributed by atoms with Crippen molar-refractivity contribution < 1.29 is 17.9 Å². The fourth-order valence-corrected chi connectivity index (χ4v) is 3.79. The number of nitrogens with zero attached hydrogens (tertiary/aromatic N) is 1. The average molecular weight is 380 g/mol. The van der Waals surface area contributed by atoms with Gasteiger partial charge in [0, 0.05) is 35.4 Å². The van der Waals surface area contributed by atoms with Crippen LogP contribution in [0.25, 0.3) is 11.1 Å². The van der Waals surface area contributed by atoms with E-state index in [1.165, 1.54) is 4.90 Å². The molecule has 3 rings (SSSR count). The maximum atomic E-state index is 12.4. The van der Waals surface area contributed by atoms with Gasteiger partial charge in [-0.25, -0.2) is 13.2 Å². The molecule has 1 amide bonds. The minimum Gasteiger partial charge on any atom is -0.436 e. The third kappa shape index (κ3) is 3.96. The van der Waals surface area contributed by atoms with Crippen LogP contribution in [0.3, 0.4) is 0 Å². The lowest BCUT2D eigenvalue weighted by Crippen LogP contribution is -2.30. The number of carbonyl (C=O) groups excluding carboxylic acids is 1. The van der Waals surface area contributed by atoms with Crippen LogP contribution in [0.15, 0.2) is 48.5 Å². The van der Waals surface area contributed by atoms with Gasteiger partial charge in [0.15, 0.2) is 6.10 Å². The summed E-state index contributed by atoms with van der Waals surface area (Å²) in [4.78, 5) is 13.8. The molecule has 0 unspecified atom stereocenters. The number of hydrogen-bond acceptors (Lipinski definition) is 4. The fourth-order valence-electron chi connectivity index (χ4n) is 2.99. The highest BCUT2D eigenvalue weighted by Crippen LogP contribution is 2.45. The van der Waals surface area contributed by atoms with Gasteiger partial charge < -0.3 is 9.64 Å². The first-order valence-corrected chi connectivity index (χ1v) is 10.4. The molecule has 0 saturated heterocycles. The topological polar surface area (TPSA) is 63.7 Å². The molecule has 0 heterocycles. The minimum absolute atomic E-state index is 0.179. The van der Waals surface area contributed by atoms with Gasteiger partial charge in [0.05, 0.1) is 5.75 Å². The van der Waals surface area contributed by atoms with Crippen molar-refractivity contribution in [3.63, 3.8) is 0 Å². The molecule has 7 heteroatoms. The van der Waals surface area contributed by atoms with Crippen LogP contribution in [0.2, 0.25) is 0 Å². The molecular weight excluding hydrogens is 362 g/mol. The number of fused-ring (bicyclic) bond motifs is 3. The summed E-state index contributed by atoms with van der Waals surface area (Å²) in [5, 5.41) is 0. The quantitative estimate of drug-likeness (QED) is 0.741. The van der Waals surface area contributed by atoms with E-state index in [0.717, 1.165) is 22.3 Å². The van der Waals surface area contributed by atoms with E-state index in [-0.39, 0.29) is 18.7 Å². The van der Waals surface area contributed by atoms with E-state index >= 15 is 0 Å². The van der Waals surface area contributed by atoms with Crippen LogP contribution in [0.1, 0.15) is 23.7 Å². The van der Waals surface area contributed by atoms with Gasteiger partial charge in [-0.05, 0) is 17.5 Å². The first-order valence-electron chi connectivity index (χ1n) is 7.89. The molecule has 132 valence electrons. The summed E-state index contributed by atoms with van der Waals surface area (Å²) in [7, 11) is 3.21. The van der Waals surface area contributed by atoms with Crippen LogP contribution in [0.4, 0.5) is 4.79 Å². The predicted octanol–water partition coefficient (Wildman–Crippen LogP) is 3.78. The van der Waals surface area contributed by atoms with Gasteiger partial charge >= 0.3 is 6.09 Å². The molecule has 0 bridgehead atoms. The lowest BCUT2D eigenvalue weighted by atomic mass is 10.1. The van der Waals surface area contributed by atoms with Gasteiger partial charge in [-0.3, -0.25) is 0 Å². The van der Waals surface area contributed by atoms with Crippen molar-refractivity contribution >= 4 is 25.8 Å². The molecule has 0 aliphatic heterocycles. The molecule has 0 spiro atoms. The number of benzene rings is 2. The van der Waals surface area contributed by atoms with E-state index in [0.29, 0.717) is 0 Å². The van der Waals surface area contributed by atoms with Crippen molar-refractivity contribution in [2.45, 2.75) is 12.5 Å². The second-order valence-electron chi connectivity index (χ2n) is 5.96. The molecular formula is C18H18ClNO4S. The Balaban J connectivity index is 1.73. The summed E-state index contributed by atoms with van der Waals surface area (Å²) < 4.78 is 27.6. The fraction of sp³-hybridized carbons (Fsp3) is 0.278.